The van der Waals surface area contributed by atoms with E-state index in [0.29, 0.717) is 5.41 Å². The number of hydrogen-bond donors (Lipinski definition) is 1. The van der Waals surface area contributed by atoms with Gasteiger partial charge >= 0.3 is 0 Å². The van der Waals surface area contributed by atoms with Crippen LogP contribution in [0.1, 0.15) is 46.0 Å². The van der Waals surface area contributed by atoms with Crippen LogP contribution in [-0.4, -0.2) is 37.1 Å². The normalized spacial score (nSPS) is 37.0. The van der Waals surface area contributed by atoms with Gasteiger partial charge in [0, 0.05) is 18.6 Å². The third kappa shape index (κ3) is 2.36. The standard InChI is InChI=1S/C13H26N2/c1-13(2)8-4-7-12(13)15-9-5-6-11(10-15)14-3/h11-12,14H,4-10H2,1-3H3. The summed E-state index contributed by atoms with van der Waals surface area (Å²) in [6, 6.07) is 1.57. The molecule has 0 aromatic heterocycles. The molecule has 1 aliphatic carbocycles. The molecule has 2 fully saturated rings. The molecular formula is C13H26N2. The van der Waals surface area contributed by atoms with Gasteiger partial charge in [-0.1, -0.05) is 20.3 Å². The Morgan fingerprint density at radius 1 is 1.20 bits per heavy atom. The largest absolute Gasteiger partial charge is 0.316 e. The molecule has 0 spiro atoms. The minimum atomic E-state index is 0.551. The predicted molar refractivity (Wildman–Crippen MR) is 65.1 cm³/mol. The maximum absolute atomic E-state index is 3.44. The highest BCUT2D eigenvalue weighted by molar-refractivity contribution is 4.94. The van der Waals surface area contributed by atoms with Crippen molar-refractivity contribution in [3.63, 3.8) is 0 Å². The summed E-state index contributed by atoms with van der Waals surface area (Å²) in [5, 5.41) is 3.44. The van der Waals surface area contributed by atoms with Crippen molar-refractivity contribution in [3.8, 4) is 0 Å². The van der Waals surface area contributed by atoms with Gasteiger partial charge in [-0.2, -0.15) is 0 Å². The first-order valence-corrected chi connectivity index (χ1v) is 6.55. The molecule has 1 N–H and O–H groups in total. The van der Waals surface area contributed by atoms with E-state index < -0.39 is 0 Å². The lowest BCUT2D eigenvalue weighted by Crippen LogP contribution is -2.51. The van der Waals surface area contributed by atoms with Crippen LogP contribution in [0.25, 0.3) is 0 Å². The van der Waals surface area contributed by atoms with Crippen molar-refractivity contribution in [1.29, 1.82) is 0 Å². The van der Waals surface area contributed by atoms with Gasteiger partial charge in [-0.3, -0.25) is 4.90 Å². The molecule has 2 atom stereocenters. The Hall–Kier alpha value is -0.0800. The molecule has 0 bridgehead atoms. The molecule has 1 saturated heterocycles. The van der Waals surface area contributed by atoms with Gasteiger partial charge in [-0.15, -0.1) is 0 Å². The Balaban J connectivity index is 1.97. The van der Waals surface area contributed by atoms with Gasteiger partial charge in [0.15, 0.2) is 0 Å². The van der Waals surface area contributed by atoms with Crippen LogP contribution in [0.3, 0.4) is 0 Å². The fraction of sp³-hybridized carbons (Fsp3) is 1.00. The van der Waals surface area contributed by atoms with E-state index in [1.807, 2.05) is 0 Å². The Kier molecular flexibility index (Phi) is 3.36. The lowest BCUT2D eigenvalue weighted by molar-refractivity contribution is 0.0791. The Morgan fingerprint density at radius 3 is 2.60 bits per heavy atom. The summed E-state index contributed by atoms with van der Waals surface area (Å²) < 4.78 is 0. The van der Waals surface area contributed by atoms with Crippen molar-refractivity contribution in [2.75, 3.05) is 20.1 Å². The highest BCUT2D eigenvalue weighted by Crippen LogP contribution is 2.41. The summed E-state index contributed by atoms with van der Waals surface area (Å²) in [5.74, 6) is 0. The zero-order valence-electron chi connectivity index (χ0n) is 10.6. The van der Waals surface area contributed by atoms with Crippen LogP contribution in [0.2, 0.25) is 0 Å². The quantitative estimate of drug-likeness (QED) is 0.752. The topological polar surface area (TPSA) is 15.3 Å². The first-order valence-electron chi connectivity index (χ1n) is 6.55. The Labute approximate surface area is 94.4 Å². The molecule has 2 aliphatic rings. The van der Waals surface area contributed by atoms with Crippen molar-refractivity contribution in [1.82, 2.24) is 10.2 Å². The van der Waals surface area contributed by atoms with E-state index in [4.69, 9.17) is 0 Å². The number of rotatable bonds is 2. The minimum absolute atomic E-state index is 0.551. The summed E-state index contributed by atoms with van der Waals surface area (Å²) >= 11 is 0. The molecule has 0 amide bonds. The molecule has 2 nitrogen and oxygen atoms in total. The smallest absolute Gasteiger partial charge is 0.0192 e. The highest BCUT2D eigenvalue weighted by atomic mass is 15.2. The van der Waals surface area contributed by atoms with E-state index in [1.54, 1.807) is 0 Å². The van der Waals surface area contributed by atoms with Gasteiger partial charge in [-0.25, -0.2) is 0 Å². The molecule has 1 heterocycles. The Morgan fingerprint density at radius 2 is 2.00 bits per heavy atom. The monoisotopic (exact) mass is 210 g/mol. The zero-order valence-corrected chi connectivity index (χ0v) is 10.6. The second-order valence-corrected chi connectivity index (χ2v) is 6.02. The van der Waals surface area contributed by atoms with E-state index >= 15 is 0 Å². The third-order valence-corrected chi connectivity index (χ3v) is 4.50. The molecular weight excluding hydrogens is 184 g/mol. The zero-order chi connectivity index (χ0) is 10.9. The average Bonchev–Trinajstić information content (AvgIpc) is 2.58. The van der Waals surface area contributed by atoms with E-state index in [9.17, 15) is 0 Å². The van der Waals surface area contributed by atoms with Gasteiger partial charge in [0.25, 0.3) is 0 Å². The molecule has 0 radical (unpaired) electrons. The van der Waals surface area contributed by atoms with Gasteiger partial charge in [0.1, 0.15) is 0 Å². The molecule has 0 aromatic carbocycles. The molecule has 2 unspecified atom stereocenters. The van der Waals surface area contributed by atoms with E-state index in [0.717, 1.165) is 12.1 Å². The summed E-state index contributed by atoms with van der Waals surface area (Å²) in [5.41, 5.74) is 0.551. The summed E-state index contributed by atoms with van der Waals surface area (Å²) in [6.45, 7) is 7.50. The molecule has 2 rings (SSSR count). The number of likely N-dealkylation sites (tertiary alicyclic amines) is 1. The number of hydrogen-bond acceptors (Lipinski definition) is 2. The molecule has 0 aromatic rings. The van der Waals surface area contributed by atoms with Crippen LogP contribution < -0.4 is 5.32 Å². The van der Waals surface area contributed by atoms with Crippen molar-refractivity contribution in [2.24, 2.45) is 5.41 Å². The average molecular weight is 210 g/mol. The second kappa shape index (κ2) is 4.42. The van der Waals surface area contributed by atoms with Crippen molar-refractivity contribution < 1.29 is 0 Å². The SMILES string of the molecule is CNC1CCCN(C2CCCC2(C)C)C1. The van der Waals surface area contributed by atoms with Gasteiger partial charge < -0.3 is 5.32 Å². The maximum Gasteiger partial charge on any atom is 0.0192 e. The molecule has 88 valence electrons. The van der Waals surface area contributed by atoms with E-state index in [1.165, 1.54) is 45.2 Å². The predicted octanol–water partition coefficient (Wildman–Crippen LogP) is 2.25. The van der Waals surface area contributed by atoms with Crippen molar-refractivity contribution in [2.45, 2.75) is 58.0 Å². The highest BCUT2D eigenvalue weighted by Gasteiger charge is 2.39. The first-order chi connectivity index (χ1) is 7.13. The molecule has 1 aliphatic heterocycles. The van der Waals surface area contributed by atoms with Gasteiger partial charge in [0.2, 0.25) is 0 Å². The van der Waals surface area contributed by atoms with Crippen molar-refractivity contribution >= 4 is 0 Å². The number of nitrogens with zero attached hydrogens (tertiary/aromatic N) is 1. The van der Waals surface area contributed by atoms with Gasteiger partial charge in [-0.05, 0) is 44.7 Å². The van der Waals surface area contributed by atoms with Gasteiger partial charge in [0.05, 0.1) is 0 Å². The molecule has 2 heteroatoms. The van der Waals surface area contributed by atoms with E-state index in [-0.39, 0.29) is 0 Å². The number of piperidine rings is 1. The molecule has 15 heavy (non-hydrogen) atoms. The summed E-state index contributed by atoms with van der Waals surface area (Å²) in [6.07, 6.45) is 7.00. The van der Waals surface area contributed by atoms with Crippen molar-refractivity contribution in [3.05, 3.63) is 0 Å². The first kappa shape index (κ1) is 11.4. The maximum atomic E-state index is 3.44. The fourth-order valence-corrected chi connectivity index (χ4v) is 3.51. The summed E-state index contributed by atoms with van der Waals surface area (Å²) in [7, 11) is 2.11. The number of nitrogens with one attached hydrogen (secondary N) is 1. The fourth-order valence-electron chi connectivity index (χ4n) is 3.51. The Bertz CT molecular complexity index is 213. The van der Waals surface area contributed by atoms with Crippen LogP contribution >= 0.6 is 0 Å². The van der Waals surface area contributed by atoms with Crippen LogP contribution in [0.5, 0.6) is 0 Å². The lowest BCUT2D eigenvalue weighted by Gasteiger charge is -2.42. The van der Waals surface area contributed by atoms with Crippen LogP contribution in [0, 0.1) is 5.41 Å². The minimum Gasteiger partial charge on any atom is -0.316 e. The van der Waals surface area contributed by atoms with E-state index in [2.05, 4.69) is 31.1 Å². The summed E-state index contributed by atoms with van der Waals surface area (Å²) in [4.78, 5) is 2.75. The lowest BCUT2D eigenvalue weighted by atomic mass is 9.85. The third-order valence-electron chi connectivity index (χ3n) is 4.50. The van der Waals surface area contributed by atoms with Crippen LogP contribution in [0.15, 0.2) is 0 Å². The van der Waals surface area contributed by atoms with Crippen LogP contribution in [-0.2, 0) is 0 Å². The molecule has 1 saturated carbocycles. The second-order valence-electron chi connectivity index (χ2n) is 6.02. The van der Waals surface area contributed by atoms with Crippen LogP contribution in [0.4, 0.5) is 0 Å². The number of likely N-dealkylation sites (N-methyl/N-ethyl adjacent to an activating group) is 1.